The normalized spacial score (nSPS) is 24.8. The van der Waals surface area contributed by atoms with E-state index in [1.165, 1.54) is 0 Å². The lowest BCUT2D eigenvalue weighted by Crippen LogP contribution is -2.41. The zero-order chi connectivity index (χ0) is 16.9. The molecule has 3 atom stereocenters. The van der Waals surface area contributed by atoms with Gasteiger partial charge in [-0.1, -0.05) is 29.3 Å². The fraction of sp³-hybridized carbons (Fsp3) is 0.312. The van der Waals surface area contributed by atoms with Crippen molar-refractivity contribution >= 4 is 46.1 Å². The highest BCUT2D eigenvalue weighted by molar-refractivity contribution is 7.14. The van der Waals surface area contributed by atoms with Crippen LogP contribution < -0.4 is 16.1 Å². The summed E-state index contributed by atoms with van der Waals surface area (Å²) in [5.41, 5.74) is 3.54. The number of amides is 1. The van der Waals surface area contributed by atoms with Crippen molar-refractivity contribution in [2.24, 2.45) is 0 Å². The molecule has 3 heterocycles. The number of fused-ring (bicyclic) bond motifs is 1. The maximum absolute atomic E-state index is 12.1. The lowest BCUT2D eigenvalue weighted by atomic mass is 10.1. The fourth-order valence-electron chi connectivity index (χ4n) is 2.63. The molecule has 3 N–H and O–H groups in total. The Morgan fingerprint density at radius 1 is 1.29 bits per heavy atom. The number of hydrogen-bond donors (Lipinski definition) is 3. The second-order valence-electron chi connectivity index (χ2n) is 5.48. The van der Waals surface area contributed by atoms with E-state index in [2.05, 4.69) is 16.1 Å². The number of thiophene rings is 1. The minimum atomic E-state index is -0.207. The van der Waals surface area contributed by atoms with E-state index in [0.29, 0.717) is 17.1 Å². The van der Waals surface area contributed by atoms with Gasteiger partial charge < -0.3 is 5.32 Å². The molecule has 2 fully saturated rings. The zero-order valence-electron chi connectivity index (χ0n) is 12.7. The first-order valence-corrected chi connectivity index (χ1v) is 9.15. The fourth-order valence-corrected chi connectivity index (χ4v) is 3.49. The Bertz CT molecular complexity index is 672. The number of rotatable bonds is 2. The highest BCUT2D eigenvalue weighted by atomic mass is 35.5. The molecule has 0 spiro atoms. The van der Waals surface area contributed by atoms with Crippen LogP contribution in [0.25, 0.3) is 0 Å². The smallest absolute Gasteiger partial charge is 0.241 e. The largest absolute Gasteiger partial charge is 0.325 e. The number of nitrogens with one attached hydrogen (secondary N) is 3. The average Bonchev–Trinajstić information content (AvgIpc) is 3.24. The van der Waals surface area contributed by atoms with Crippen LogP contribution >= 0.6 is 34.5 Å². The van der Waals surface area contributed by atoms with Crippen LogP contribution in [0.2, 0.25) is 9.36 Å². The third kappa shape index (κ3) is 4.69. The molecule has 2 saturated heterocycles. The van der Waals surface area contributed by atoms with Crippen LogP contribution in [-0.2, 0) is 9.63 Å². The lowest BCUT2D eigenvalue weighted by Gasteiger charge is -2.13. The molecule has 3 unspecified atom stereocenters. The zero-order valence-corrected chi connectivity index (χ0v) is 15.0. The maximum Gasteiger partial charge on any atom is 0.241 e. The third-order valence-electron chi connectivity index (χ3n) is 3.77. The van der Waals surface area contributed by atoms with Gasteiger partial charge in [0.15, 0.2) is 0 Å². The van der Waals surface area contributed by atoms with Gasteiger partial charge in [-0.05, 0) is 35.7 Å². The van der Waals surface area contributed by atoms with Crippen molar-refractivity contribution in [3.05, 3.63) is 51.1 Å². The second kappa shape index (κ2) is 8.29. The van der Waals surface area contributed by atoms with Gasteiger partial charge in [-0.15, -0.1) is 11.3 Å². The van der Waals surface area contributed by atoms with Crippen LogP contribution in [0.5, 0.6) is 0 Å². The highest BCUT2D eigenvalue weighted by Gasteiger charge is 2.41. The quantitative estimate of drug-likeness (QED) is 0.741. The first kappa shape index (κ1) is 17.7. The van der Waals surface area contributed by atoms with Gasteiger partial charge in [-0.25, -0.2) is 5.48 Å². The van der Waals surface area contributed by atoms with Crippen LogP contribution in [0.1, 0.15) is 6.42 Å². The van der Waals surface area contributed by atoms with Crippen molar-refractivity contribution in [3.63, 3.8) is 0 Å². The molecule has 2 aliphatic heterocycles. The number of hydrogen-bond acceptors (Lipinski definition) is 5. The summed E-state index contributed by atoms with van der Waals surface area (Å²) >= 11 is 12.9. The van der Waals surface area contributed by atoms with E-state index in [1.54, 1.807) is 23.5 Å². The molecule has 4 rings (SSSR count). The van der Waals surface area contributed by atoms with E-state index in [0.717, 1.165) is 10.9 Å². The monoisotopic (exact) mass is 385 g/mol. The number of benzene rings is 1. The maximum atomic E-state index is 12.1. The summed E-state index contributed by atoms with van der Waals surface area (Å²) in [7, 11) is 0. The van der Waals surface area contributed by atoms with Gasteiger partial charge in [0.1, 0.15) is 0 Å². The minimum absolute atomic E-state index is 0.0460. The molecule has 0 radical (unpaired) electrons. The topological polar surface area (TPSA) is 62.4 Å². The number of hydroxylamine groups is 1. The molecule has 8 heteroatoms. The molecule has 128 valence electrons. The van der Waals surface area contributed by atoms with Crippen molar-refractivity contribution in [1.82, 2.24) is 10.8 Å². The molecule has 2 aromatic rings. The van der Waals surface area contributed by atoms with Crippen LogP contribution in [0.3, 0.4) is 0 Å². The number of anilines is 1. The Hall–Kier alpha value is -1.15. The summed E-state index contributed by atoms with van der Waals surface area (Å²) in [6.07, 6.45) is 0.768. The molecule has 1 aromatic heterocycles. The molecule has 1 aromatic carbocycles. The van der Waals surface area contributed by atoms with Crippen LogP contribution in [-0.4, -0.2) is 30.6 Å². The standard InChI is InChI=1S/C12H14ClN3O2.C4H3ClS/c13-7-2-1-3-8(4-7)15-12(17)9-5-11-10(16-9)6-14-18-11;5-4-2-1-3-6-4/h1-4,9-11,14,16H,5-6H2,(H,15,17);1-3H. The van der Waals surface area contributed by atoms with E-state index >= 15 is 0 Å². The summed E-state index contributed by atoms with van der Waals surface area (Å²) < 4.78 is 0.856. The molecule has 0 aliphatic carbocycles. The van der Waals surface area contributed by atoms with Gasteiger partial charge in [0.05, 0.1) is 22.5 Å². The molecule has 2 aliphatic rings. The molecular formula is C16H17Cl2N3O2S. The first-order chi connectivity index (χ1) is 11.6. The van der Waals surface area contributed by atoms with Gasteiger partial charge in [0.25, 0.3) is 0 Å². The van der Waals surface area contributed by atoms with Crippen molar-refractivity contribution in [3.8, 4) is 0 Å². The molecule has 1 amide bonds. The van der Waals surface area contributed by atoms with Crippen LogP contribution in [0, 0.1) is 0 Å². The summed E-state index contributed by atoms with van der Waals surface area (Å²) in [5.74, 6) is -0.0460. The highest BCUT2D eigenvalue weighted by Crippen LogP contribution is 2.21. The SMILES string of the molecule is Clc1cccs1.O=C(Nc1cccc(Cl)c1)C1CC2ONCC2N1. The van der Waals surface area contributed by atoms with E-state index in [1.807, 2.05) is 29.6 Å². The van der Waals surface area contributed by atoms with Gasteiger partial charge >= 0.3 is 0 Å². The van der Waals surface area contributed by atoms with Gasteiger partial charge in [0.2, 0.25) is 5.91 Å². The van der Waals surface area contributed by atoms with E-state index in [-0.39, 0.29) is 24.1 Å². The molecule has 0 bridgehead atoms. The number of halogens is 2. The van der Waals surface area contributed by atoms with E-state index in [4.69, 9.17) is 28.0 Å². The summed E-state index contributed by atoms with van der Waals surface area (Å²) in [6, 6.07) is 10.9. The lowest BCUT2D eigenvalue weighted by molar-refractivity contribution is -0.118. The Kier molecular flexibility index (Phi) is 6.10. The van der Waals surface area contributed by atoms with Crippen molar-refractivity contribution in [2.75, 3.05) is 11.9 Å². The molecule has 0 saturated carbocycles. The molecule has 24 heavy (non-hydrogen) atoms. The molecule has 5 nitrogen and oxygen atoms in total. The van der Waals surface area contributed by atoms with Gasteiger partial charge in [0, 0.05) is 23.7 Å². The first-order valence-electron chi connectivity index (χ1n) is 7.52. The Balaban J connectivity index is 0.000000238. The Morgan fingerprint density at radius 3 is 2.79 bits per heavy atom. The summed E-state index contributed by atoms with van der Waals surface area (Å²) in [5, 5.41) is 8.66. The Morgan fingerprint density at radius 2 is 2.17 bits per heavy atom. The van der Waals surface area contributed by atoms with Gasteiger partial charge in [-0.3, -0.25) is 14.9 Å². The minimum Gasteiger partial charge on any atom is -0.325 e. The Labute approximate surface area is 154 Å². The van der Waals surface area contributed by atoms with Crippen molar-refractivity contribution < 1.29 is 9.63 Å². The van der Waals surface area contributed by atoms with Crippen molar-refractivity contribution in [1.29, 1.82) is 0 Å². The third-order valence-corrected chi connectivity index (χ3v) is 5.05. The van der Waals surface area contributed by atoms with Crippen LogP contribution in [0.4, 0.5) is 5.69 Å². The predicted octanol–water partition coefficient (Wildman–Crippen LogP) is 3.31. The second-order valence-corrected chi connectivity index (χ2v) is 7.50. The number of carbonyl (C=O) groups is 1. The van der Waals surface area contributed by atoms with E-state index < -0.39 is 0 Å². The van der Waals surface area contributed by atoms with E-state index in [9.17, 15) is 4.79 Å². The average molecular weight is 386 g/mol. The van der Waals surface area contributed by atoms with Crippen LogP contribution in [0.15, 0.2) is 41.8 Å². The predicted molar refractivity (Wildman–Crippen MR) is 97.6 cm³/mol. The van der Waals surface area contributed by atoms with Crippen molar-refractivity contribution in [2.45, 2.75) is 24.6 Å². The summed E-state index contributed by atoms with van der Waals surface area (Å²) in [6.45, 7) is 0.742. The number of carbonyl (C=O) groups excluding carboxylic acids is 1. The summed E-state index contributed by atoms with van der Waals surface area (Å²) in [4.78, 5) is 17.4. The molecular weight excluding hydrogens is 369 g/mol. The van der Waals surface area contributed by atoms with Gasteiger partial charge in [-0.2, -0.15) is 0 Å².